The van der Waals surface area contributed by atoms with Crippen LogP contribution in [0.3, 0.4) is 0 Å². The van der Waals surface area contributed by atoms with Gasteiger partial charge < -0.3 is 19.9 Å². The van der Waals surface area contributed by atoms with Crippen LogP contribution in [0.2, 0.25) is 0 Å². The molecule has 0 aromatic carbocycles. The van der Waals surface area contributed by atoms with Crippen LogP contribution in [0.4, 0.5) is 4.79 Å². The van der Waals surface area contributed by atoms with Crippen LogP contribution >= 0.6 is 0 Å². The number of hydrogen-bond acceptors (Lipinski definition) is 5. The first-order valence-corrected chi connectivity index (χ1v) is 4.84. The molecule has 1 atom stereocenters. The van der Waals surface area contributed by atoms with Gasteiger partial charge in [-0.3, -0.25) is 4.79 Å². The summed E-state index contributed by atoms with van der Waals surface area (Å²) in [5, 5.41) is 11.0. The molecule has 0 heterocycles. The highest BCUT2D eigenvalue weighted by Crippen LogP contribution is 2.06. The first-order valence-electron chi connectivity index (χ1n) is 4.84. The fourth-order valence-electron chi connectivity index (χ4n) is 0.699. The Labute approximate surface area is 94.9 Å². The lowest BCUT2D eigenvalue weighted by molar-refractivity contribution is -0.144. The summed E-state index contributed by atoms with van der Waals surface area (Å²) >= 11 is 0. The van der Waals surface area contributed by atoms with Gasteiger partial charge in [-0.15, -0.1) is 0 Å². The summed E-state index contributed by atoms with van der Waals surface area (Å²) in [4.78, 5) is 22.1. The number of rotatable bonds is 4. The van der Waals surface area contributed by atoms with E-state index in [1.807, 2.05) is 0 Å². The van der Waals surface area contributed by atoms with Crippen LogP contribution in [0, 0.1) is 6.92 Å². The van der Waals surface area contributed by atoms with E-state index < -0.39 is 23.8 Å². The maximum Gasteiger partial charge on any atom is 0.408 e. The molecule has 6 nitrogen and oxygen atoms in total. The standard InChI is InChI=1S/C10H18NO5/c1-7(12)6-15-8(13)5-11-9(14)16-10(2,3)4/h7,12H,1,5-6H2,2-4H3,(H,11,14). The molecule has 0 bridgehead atoms. The lowest BCUT2D eigenvalue weighted by atomic mass is 10.2. The van der Waals surface area contributed by atoms with Crippen molar-refractivity contribution in [3.8, 4) is 0 Å². The zero-order valence-electron chi connectivity index (χ0n) is 9.78. The van der Waals surface area contributed by atoms with Gasteiger partial charge >= 0.3 is 12.1 Å². The summed E-state index contributed by atoms with van der Waals surface area (Å²) in [6.45, 7) is 7.85. The van der Waals surface area contributed by atoms with Gasteiger partial charge in [0.15, 0.2) is 0 Å². The van der Waals surface area contributed by atoms with Gasteiger partial charge in [-0.05, 0) is 27.7 Å². The highest BCUT2D eigenvalue weighted by molar-refractivity contribution is 5.77. The number of aliphatic hydroxyl groups is 1. The van der Waals surface area contributed by atoms with Crippen molar-refractivity contribution < 1.29 is 24.2 Å². The smallest absolute Gasteiger partial charge is 0.408 e. The summed E-state index contributed by atoms with van der Waals surface area (Å²) in [5.74, 6) is -0.659. The van der Waals surface area contributed by atoms with E-state index in [1.165, 1.54) is 0 Å². The van der Waals surface area contributed by atoms with E-state index in [0.29, 0.717) is 0 Å². The van der Waals surface area contributed by atoms with Gasteiger partial charge in [0.2, 0.25) is 0 Å². The molecule has 0 saturated heterocycles. The van der Waals surface area contributed by atoms with Gasteiger partial charge in [-0.1, -0.05) is 0 Å². The summed E-state index contributed by atoms with van der Waals surface area (Å²) < 4.78 is 9.46. The molecule has 1 amide bonds. The quantitative estimate of drug-likeness (QED) is 0.679. The minimum Gasteiger partial charge on any atom is -0.462 e. The minimum absolute atomic E-state index is 0.200. The maximum absolute atomic E-state index is 11.1. The Morgan fingerprint density at radius 2 is 2.00 bits per heavy atom. The number of esters is 1. The summed E-state index contributed by atoms with van der Waals surface area (Å²) in [6, 6.07) is 0. The van der Waals surface area contributed by atoms with Gasteiger partial charge in [-0.2, -0.15) is 0 Å². The third-order valence-corrected chi connectivity index (χ3v) is 1.21. The molecule has 93 valence electrons. The number of ether oxygens (including phenoxy) is 2. The predicted octanol–water partition coefficient (Wildman–Crippen LogP) is 0.249. The summed E-state index contributed by atoms with van der Waals surface area (Å²) in [6.07, 6.45) is -1.66. The van der Waals surface area contributed by atoms with Crippen molar-refractivity contribution in [2.24, 2.45) is 0 Å². The molecule has 6 heteroatoms. The van der Waals surface area contributed by atoms with E-state index in [0.717, 1.165) is 0 Å². The Morgan fingerprint density at radius 1 is 1.44 bits per heavy atom. The SMILES string of the molecule is [CH2]C(O)COC(=O)CNC(=O)OC(C)(C)C. The van der Waals surface area contributed by atoms with E-state index in [2.05, 4.69) is 17.0 Å². The number of carbonyl (C=O) groups is 2. The van der Waals surface area contributed by atoms with Gasteiger partial charge in [0, 0.05) is 0 Å². The first-order chi connectivity index (χ1) is 7.20. The lowest BCUT2D eigenvalue weighted by Gasteiger charge is -2.19. The normalized spacial score (nSPS) is 12.8. The average molecular weight is 232 g/mol. The molecule has 1 unspecified atom stereocenters. The second-order valence-corrected chi connectivity index (χ2v) is 4.19. The fourth-order valence-corrected chi connectivity index (χ4v) is 0.699. The van der Waals surface area contributed by atoms with Crippen molar-refractivity contribution in [2.75, 3.05) is 13.2 Å². The largest absolute Gasteiger partial charge is 0.462 e. The van der Waals surface area contributed by atoms with Crippen LogP contribution in [-0.2, 0) is 14.3 Å². The monoisotopic (exact) mass is 232 g/mol. The Balaban J connectivity index is 3.72. The van der Waals surface area contributed by atoms with Crippen LogP contribution in [-0.4, -0.2) is 42.0 Å². The zero-order chi connectivity index (χ0) is 12.8. The highest BCUT2D eigenvalue weighted by atomic mass is 16.6. The topological polar surface area (TPSA) is 84.9 Å². The van der Waals surface area contributed by atoms with Gasteiger partial charge in [0.1, 0.15) is 18.8 Å². The molecule has 0 aromatic rings. The van der Waals surface area contributed by atoms with Crippen molar-refractivity contribution in [1.82, 2.24) is 5.32 Å². The van der Waals surface area contributed by atoms with Crippen molar-refractivity contribution in [1.29, 1.82) is 0 Å². The molecule has 0 aliphatic heterocycles. The van der Waals surface area contributed by atoms with E-state index >= 15 is 0 Å². The highest BCUT2D eigenvalue weighted by Gasteiger charge is 2.16. The van der Waals surface area contributed by atoms with Gasteiger partial charge in [0.25, 0.3) is 0 Å². The van der Waals surface area contributed by atoms with Crippen LogP contribution < -0.4 is 5.32 Å². The Hall–Kier alpha value is -1.30. The molecule has 0 fully saturated rings. The summed E-state index contributed by atoms with van der Waals surface area (Å²) in [7, 11) is 0. The van der Waals surface area contributed by atoms with Gasteiger partial charge in [-0.25, -0.2) is 4.79 Å². The second-order valence-electron chi connectivity index (χ2n) is 4.19. The molecule has 0 saturated carbocycles. The number of amides is 1. The van der Waals surface area contributed by atoms with Crippen molar-refractivity contribution in [2.45, 2.75) is 32.5 Å². The lowest BCUT2D eigenvalue weighted by Crippen LogP contribution is -2.36. The molecule has 0 aromatic heterocycles. The van der Waals surface area contributed by atoms with Crippen molar-refractivity contribution in [3.05, 3.63) is 6.92 Å². The van der Waals surface area contributed by atoms with E-state index in [4.69, 9.17) is 9.84 Å². The van der Waals surface area contributed by atoms with Crippen LogP contribution in [0.15, 0.2) is 0 Å². The molecular weight excluding hydrogens is 214 g/mol. The average Bonchev–Trinajstić information content (AvgIpc) is 2.08. The third kappa shape index (κ3) is 9.26. The maximum atomic E-state index is 11.1. The molecule has 0 rings (SSSR count). The molecule has 2 N–H and O–H groups in total. The molecule has 0 aliphatic rings. The Morgan fingerprint density at radius 3 is 2.44 bits per heavy atom. The molecule has 0 aliphatic carbocycles. The fraction of sp³-hybridized carbons (Fsp3) is 0.700. The molecule has 16 heavy (non-hydrogen) atoms. The number of nitrogens with one attached hydrogen (secondary N) is 1. The number of carbonyl (C=O) groups excluding carboxylic acids is 2. The Kier molecular flexibility index (Phi) is 5.81. The third-order valence-electron chi connectivity index (χ3n) is 1.21. The minimum atomic E-state index is -0.967. The van der Waals surface area contributed by atoms with Crippen LogP contribution in [0.5, 0.6) is 0 Å². The molecule has 1 radical (unpaired) electrons. The van der Waals surface area contributed by atoms with Crippen LogP contribution in [0.1, 0.15) is 20.8 Å². The second kappa shape index (κ2) is 6.32. The van der Waals surface area contributed by atoms with Crippen LogP contribution in [0.25, 0.3) is 0 Å². The molecular formula is C10H18NO5. The molecule has 0 spiro atoms. The number of hydrogen-bond donors (Lipinski definition) is 2. The van der Waals surface area contributed by atoms with Crippen molar-refractivity contribution >= 4 is 12.1 Å². The number of aliphatic hydroxyl groups excluding tert-OH is 1. The Bertz CT molecular complexity index is 244. The van der Waals surface area contributed by atoms with E-state index in [9.17, 15) is 9.59 Å². The van der Waals surface area contributed by atoms with E-state index in [-0.39, 0.29) is 13.2 Å². The predicted molar refractivity (Wildman–Crippen MR) is 56.6 cm³/mol. The van der Waals surface area contributed by atoms with Gasteiger partial charge in [0.05, 0.1) is 6.10 Å². The van der Waals surface area contributed by atoms with Crippen molar-refractivity contribution in [3.63, 3.8) is 0 Å². The number of alkyl carbamates (subject to hydrolysis) is 1. The summed E-state index contributed by atoms with van der Waals surface area (Å²) in [5.41, 5.74) is -0.614. The van der Waals surface area contributed by atoms with E-state index in [1.54, 1.807) is 20.8 Å². The first kappa shape index (κ1) is 14.7. The zero-order valence-corrected chi connectivity index (χ0v) is 9.78.